The largest absolute Gasteiger partial charge is 0.462 e. The first-order valence-corrected chi connectivity index (χ1v) is 11.8. The van der Waals surface area contributed by atoms with Crippen LogP contribution in [0.1, 0.15) is 59.9 Å². The van der Waals surface area contributed by atoms with Crippen LogP contribution >= 0.6 is 0 Å². The third kappa shape index (κ3) is 4.03. The van der Waals surface area contributed by atoms with Crippen molar-refractivity contribution in [2.45, 2.75) is 39.5 Å². The summed E-state index contributed by atoms with van der Waals surface area (Å²) in [5, 5.41) is 2.44. The number of pyridine rings is 1. The van der Waals surface area contributed by atoms with Crippen LogP contribution in [0.5, 0.6) is 0 Å². The molecule has 4 aromatic rings. The molecule has 0 saturated carbocycles. The smallest absolute Gasteiger partial charge is 0.338 e. The molecule has 0 bridgehead atoms. The summed E-state index contributed by atoms with van der Waals surface area (Å²) in [4.78, 5) is 16.5. The zero-order valence-electron chi connectivity index (χ0n) is 20.2. The van der Waals surface area contributed by atoms with Gasteiger partial charge in [-0.1, -0.05) is 50.3 Å². The molecule has 0 aliphatic heterocycles. The minimum Gasteiger partial charge on any atom is -0.462 e. The molecule has 170 valence electrons. The normalized spacial score (nSPS) is 14.4. The number of carbonyl (C=O) groups is 1. The van der Waals surface area contributed by atoms with Gasteiger partial charge in [-0.25, -0.2) is 4.79 Å². The van der Waals surface area contributed by atoms with Gasteiger partial charge in [-0.2, -0.15) is 0 Å². The molecule has 0 saturated heterocycles. The average molecular weight is 448 g/mol. The molecule has 0 amide bonds. The highest BCUT2D eigenvalue weighted by atomic mass is 16.5. The lowest BCUT2D eigenvalue weighted by Gasteiger charge is -2.32. The molecular formula is C31H29NO2. The monoisotopic (exact) mass is 447 g/mol. The fraction of sp³-hybridized carbons (Fsp3) is 0.226. The van der Waals surface area contributed by atoms with E-state index < -0.39 is 0 Å². The molecule has 3 nitrogen and oxygen atoms in total. The van der Waals surface area contributed by atoms with Crippen LogP contribution in [0.15, 0.2) is 79.0 Å². The molecule has 0 N–H and O–H groups in total. The summed E-state index contributed by atoms with van der Waals surface area (Å²) >= 11 is 0. The van der Waals surface area contributed by atoms with Crippen molar-refractivity contribution >= 4 is 22.3 Å². The number of aryl methyl sites for hydroxylation is 1. The van der Waals surface area contributed by atoms with Gasteiger partial charge in [0.05, 0.1) is 12.2 Å². The number of hydrogen-bond acceptors (Lipinski definition) is 3. The Bertz CT molecular complexity index is 1410. The molecule has 1 heterocycles. The predicted octanol–water partition coefficient (Wildman–Crippen LogP) is 7.50. The van der Waals surface area contributed by atoms with Crippen molar-refractivity contribution < 1.29 is 9.53 Å². The van der Waals surface area contributed by atoms with Crippen LogP contribution in [-0.4, -0.2) is 17.6 Å². The van der Waals surface area contributed by atoms with Gasteiger partial charge in [0.2, 0.25) is 0 Å². The van der Waals surface area contributed by atoms with Crippen LogP contribution in [0.2, 0.25) is 0 Å². The number of fused-ring (bicyclic) bond motifs is 2. The maximum absolute atomic E-state index is 12.0. The first-order chi connectivity index (χ1) is 16.4. The molecule has 1 aromatic heterocycles. The lowest BCUT2D eigenvalue weighted by Crippen LogP contribution is -2.22. The fourth-order valence-electron chi connectivity index (χ4n) is 4.75. The molecule has 5 rings (SSSR count). The van der Waals surface area contributed by atoms with Gasteiger partial charge in [-0.15, -0.1) is 0 Å². The van der Waals surface area contributed by atoms with E-state index >= 15 is 0 Å². The van der Waals surface area contributed by atoms with Gasteiger partial charge < -0.3 is 4.74 Å². The van der Waals surface area contributed by atoms with Crippen LogP contribution in [0.25, 0.3) is 27.5 Å². The fourth-order valence-corrected chi connectivity index (χ4v) is 4.75. The topological polar surface area (TPSA) is 39.2 Å². The Balaban J connectivity index is 1.58. The van der Waals surface area contributed by atoms with Gasteiger partial charge in [-0.05, 0) is 101 Å². The number of rotatable bonds is 4. The molecular weight excluding hydrogens is 418 g/mol. The van der Waals surface area contributed by atoms with Crippen molar-refractivity contribution in [1.29, 1.82) is 0 Å². The van der Waals surface area contributed by atoms with E-state index in [4.69, 9.17) is 4.74 Å². The number of aromatic nitrogens is 1. The molecule has 3 aromatic carbocycles. The second-order valence-electron chi connectivity index (χ2n) is 9.65. The molecule has 0 unspecified atom stereocenters. The number of benzene rings is 3. The summed E-state index contributed by atoms with van der Waals surface area (Å²) < 4.78 is 5.11. The molecule has 0 spiro atoms. The van der Waals surface area contributed by atoms with Crippen molar-refractivity contribution in [2.75, 3.05) is 6.61 Å². The molecule has 34 heavy (non-hydrogen) atoms. The van der Waals surface area contributed by atoms with E-state index in [9.17, 15) is 4.79 Å². The lowest BCUT2D eigenvalue weighted by molar-refractivity contribution is 0.0526. The minimum atomic E-state index is -0.285. The van der Waals surface area contributed by atoms with Crippen LogP contribution in [0, 0.1) is 6.92 Å². The third-order valence-electron chi connectivity index (χ3n) is 6.76. The van der Waals surface area contributed by atoms with Crippen LogP contribution in [-0.2, 0) is 10.2 Å². The van der Waals surface area contributed by atoms with Crippen LogP contribution in [0.3, 0.4) is 0 Å². The van der Waals surface area contributed by atoms with Gasteiger partial charge in [0.1, 0.15) is 0 Å². The molecule has 0 fully saturated rings. The molecule has 0 radical (unpaired) electrons. The van der Waals surface area contributed by atoms with Gasteiger partial charge in [-0.3, -0.25) is 4.98 Å². The van der Waals surface area contributed by atoms with E-state index in [1.165, 1.54) is 27.5 Å². The van der Waals surface area contributed by atoms with Crippen molar-refractivity contribution in [3.8, 4) is 11.1 Å². The van der Waals surface area contributed by atoms with E-state index in [1.807, 2.05) is 44.3 Å². The highest BCUT2D eigenvalue weighted by Gasteiger charge is 2.29. The number of ether oxygens (including phenoxy) is 1. The van der Waals surface area contributed by atoms with Crippen molar-refractivity contribution in [3.63, 3.8) is 0 Å². The molecule has 1 aliphatic rings. The van der Waals surface area contributed by atoms with Crippen LogP contribution in [0.4, 0.5) is 0 Å². The Morgan fingerprint density at radius 2 is 1.65 bits per heavy atom. The predicted molar refractivity (Wildman–Crippen MR) is 139 cm³/mol. The third-order valence-corrected chi connectivity index (χ3v) is 6.76. The SMILES string of the molecule is CCOC(=O)c1ccc(-c2ccc3cc4c(cc3c2)C(c2ccc(C)nc2)=CCC4(C)C)cc1. The van der Waals surface area contributed by atoms with Gasteiger partial charge in [0, 0.05) is 17.5 Å². The van der Waals surface area contributed by atoms with E-state index in [0.29, 0.717) is 12.2 Å². The number of carbonyl (C=O) groups excluding carboxylic acids is 1. The molecule has 1 aliphatic carbocycles. The zero-order chi connectivity index (χ0) is 23.9. The number of hydrogen-bond donors (Lipinski definition) is 0. The Labute approximate surface area is 201 Å². The Kier molecular flexibility index (Phi) is 5.57. The quantitative estimate of drug-likeness (QED) is 0.304. The number of allylic oxidation sites excluding steroid dienone is 1. The lowest BCUT2D eigenvalue weighted by atomic mass is 9.71. The van der Waals surface area contributed by atoms with Crippen molar-refractivity contribution in [3.05, 3.63) is 107 Å². The summed E-state index contributed by atoms with van der Waals surface area (Å²) in [5.41, 5.74) is 8.95. The summed E-state index contributed by atoms with van der Waals surface area (Å²) in [6.45, 7) is 8.85. The van der Waals surface area contributed by atoms with Gasteiger partial charge in [0.25, 0.3) is 0 Å². The van der Waals surface area contributed by atoms with Crippen LogP contribution < -0.4 is 0 Å². The second-order valence-corrected chi connectivity index (χ2v) is 9.65. The maximum Gasteiger partial charge on any atom is 0.338 e. The molecule has 0 atom stereocenters. The van der Waals surface area contributed by atoms with Gasteiger partial charge in [0.15, 0.2) is 0 Å². The average Bonchev–Trinajstić information content (AvgIpc) is 2.84. The summed E-state index contributed by atoms with van der Waals surface area (Å²) in [7, 11) is 0. The first kappa shape index (κ1) is 22.1. The molecule has 3 heteroatoms. The minimum absolute atomic E-state index is 0.0761. The van der Waals surface area contributed by atoms with Gasteiger partial charge >= 0.3 is 5.97 Å². The zero-order valence-corrected chi connectivity index (χ0v) is 20.2. The Morgan fingerprint density at radius 1 is 0.912 bits per heavy atom. The summed E-state index contributed by atoms with van der Waals surface area (Å²) in [6, 6.07) is 23.2. The van der Waals surface area contributed by atoms with Crippen molar-refractivity contribution in [1.82, 2.24) is 4.98 Å². The van der Waals surface area contributed by atoms with E-state index in [0.717, 1.165) is 28.8 Å². The highest BCUT2D eigenvalue weighted by Crippen LogP contribution is 2.43. The van der Waals surface area contributed by atoms with E-state index in [2.05, 4.69) is 67.4 Å². The maximum atomic E-state index is 12.0. The first-order valence-electron chi connectivity index (χ1n) is 11.8. The van der Waals surface area contributed by atoms with E-state index in [-0.39, 0.29) is 11.4 Å². The van der Waals surface area contributed by atoms with Crippen molar-refractivity contribution in [2.24, 2.45) is 0 Å². The number of nitrogens with zero attached hydrogens (tertiary/aromatic N) is 1. The highest BCUT2D eigenvalue weighted by molar-refractivity contribution is 5.95. The number of esters is 1. The standard InChI is InChI=1S/C31H29NO2/c1-5-34-30(33)22-10-8-21(9-11-22)23-12-13-24-18-29-28(17-26(24)16-23)27(14-15-31(29,3)4)25-7-6-20(2)32-19-25/h6-14,16-19H,5,15H2,1-4H3. The van der Waals surface area contributed by atoms with E-state index in [1.54, 1.807) is 0 Å². The Morgan fingerprint density at radius 3 is 2.35 bits per heavy atom. The summed E-state index contributed by atoms with van der Waals surface area (Å²) in [6.07, 6.45) is 5.34. The Hall–Kier alpha value is -3.72. The second kappa shape index (κ2) is 8.57. The summed E-state index contributed by atoms with van der Waals surface area (Å²) in [5.74, 6) is -0.285.